The molecule has 0 spiro atoms. The Hall–Kier alpha value is -2.61. The average molecular weight is 366 g/mol. The second kappa shape index (κ2) is 9.76. The van der Waals surface area contributed by atoms with Gasteiger partial charge in [-0.2, -0.15) is 0 Å². The number of nitrogens with zero attached hydrogens (tertiary/aromatic N) is 1. The van der Waals surface area contributed by atoms with E-state index in [2.05, 4.69) is 5.32 Å². The maximum atomic E-state index is 12.3. The Morgan fingerprint density at radius 1 is 1.15 bits per heavy atom. The molecule has 1 aromatic rings. The van der Waals surface area contributed by atoms with Crippen LogP contribution in [0.3, 0.4) is 0 Å². The number of hydrogen-bond acceptors (Lipinski definition) is 6. The van der Waals surface area contributed by atoms with E-state index < -0.39 is 29.6 Å². The molecule has 8 nitrogen and oxygen atoms in total. The molecule has 0 fully saturated rings. The molecule has 2 amide bonds. The highest BCUT2D eigenvalue weighted by Crippen LogP contribution is 2.11. The van der Waals surface area contributed by atoms with Crippen molar-refractivity contribution >= 4 is 18.0 Å². The highest BCUT2D eigenvalue weighted by Gasteiger charge is 2.29. The van der Waals surface area contributed by atoms with Crippen LogP contribution in [0, 0.1) is 0 Å². The molecule has 0 aliphatic carbocycles. The molecule has 0 aliphatic rings. The summed E-state index contributed by atoms with van der Waals surface area (Å²) in [5.41, 5.74) is 0.0951. The topological polar surface area (TPSA) is 94.2 Å². The molecule has 0 aromatic heterocycles. The molecule has 144 valence electrons. The standard InChI is InChI=1S/C18H26N2O6/c1-18(2,3)26-15(21)11-14(16(22)20(4)24-5)19-17(23)25-12-13-9-7-6-8-10-13/h6-10,14H,11-12H2,1-5H3,(H,19,23)/t14-/m0/s1. The second-order valence-corrected chi connectivity index (χ2v) is 6.57. The summed E-state index contributed by atoms with van der Waals surface area (Å²) in [6, 6.07) is 7.92. The van der Waals surface area contributed by atoms with Gasteiger partial charge in [0.05, 0.1) is 13.5 Å². The van der Waals surface area contributed by atoms with Gasteiger partial charge in [0.25, 0.3) is 5.91 Å². The van der Waals surface area contributed by atoms with Gasteiger partial charge in [0, 0.05) is 7.05 Å². The van der Waals surface area contributed by atoms with Crippen LogP contribution in [0.1, 0.15) is 32.8 Å². The lowest BCUT2D eigenvalue weighted by molar-refractivity contribution is -0.173. The molecule has 8 heteroatoms. The molecule has 0 radical (unpaired) electrons. The van der Waals surface area contributed by atoms with Crippen molar-refractivity contribution in [1.82, 2.24) is 10.4 Å². The van der Waals surface area contributed by atoms with Crippen LogP contribution >= 0.6 is 0 Å². The van der Waals surface area contributed by atoms with Gasteiger partial charge in [-0.15, -0.1) is 0 Å². The lowest BCUT2D eigenvalue weighted by Crippen LogP contribution is -2.48. The van der Waals surface area contributed by atoms with E-state index in [-0.39, 0.29) is 13.0 Å². The number of amides is 2. The minimum atomic E-state index is -1.17. The Kier molecular flexibility index (Phi) is 8.05. The fourth-order valence-corrected chi connectivity index (χ4v) is 1.97. The van der Waals surface area contributed by atoms with E-state index in [1.807, 2.05) is 18.2 Å². The number of ether oxygens (including phenoxy) is 2. The van der Waals surface area contributed by atoms with Crippen molar-refractivity contribution < 1.29 is 28.7 Å². The van der Waals surface area contributed by atoms with Gasteiger partial charge in [0.15, 0.2) is 0 Å². The highest BCUT2D eigenvalue weighted by molar-refractivity contribution is 5.89. The van der Waals surface area contributed by atoms with Gasteiger partial charge in [-0.25, -0.2) is 9.86 Å². The van der Waals surface area contributed by atoms with E-state index in [9.17, 15) is 14.4 Å². The number of alkyl carbamates (subject to hydrolysis) is 1. The molecule has 1 N–H and O–H groups in total. The van der Waals surface area contributed by atoms with E-state index in [0.29, 0.717) is 0 Å². The zero-order valence-corrected chi connectivity index (χ0v) is 15.8. The largest absolute Gasteiger partial charge is 0.460 e. The lowest BCUT2D eigenvalue weighted by atomic mass is 10.1. The van der Waals surface area contributed by atoms with E-state index >= 15 is 0 Å². The quantitative estimate of drug-likeness (QED) is 0.586. The van der Waals surface area contributed by atoms with Crippen molar-refractivity contribution in [2.75, 3.05) is 14.2 Å². The van der Waals surface area contributed by atoms with Crippen molar-refractivity contribution in [3.8, 4) is 0 Å². The summed E-state index contributed by atoms with van der Waals surface area (Å²) in [5, 5.41) is 3.31. The minimum absolute atomic E-state index is 0.0418. The fourth-order valence-electron chi connectivity index (χ4n) is 1.97. The van der Waals surface area contributed by atoms with Gasteiger partial charge in [0.1, 0.15) is 18.2 Å². The predicted molar refractivity (Wildman–Crippen MR) is 93.8 cm³/mol. The molecule has 0 heterocycles. The van der Waals surface area contributed by atoms with Crippen LogP contribution in [0.15, 0.2) is 30.3 Å². The van der Waals surface area contributed by atoms with E-state index in [4.69, 9.17) is 14.3 Å². The Balaban J connectivity index is 2.70. The molecule has 26 heavy (non-hydrogen) atoms. The number of carbonyl (C=O) groups excluding carboxylic acids is 3. The summed E-state index contributed by atoms with van der Waals surface area (Å²) in [5.74, 6) is -1.22. The first kappa shape index (κ1) is 21.4. The molecule has 1 atom stereocenters. The van der Waals surface area contributed by atoms with E-state index in [1.165, 1.54) is 14.2 Å². The van der Waals surface area contributed by atoms with Crippen LogP contribution in [-0.2, 0) is 30.5 Å². The third-order valence-corrected chi connectivity index (χ3v) is 3.18. The Morgan fingerprint density at radius 2 is 1.77 bits per heavy atom. The zero-order valence-electron chi connectivity index (χ0n) is 15.8. The molecule has 0 unspecified atom stereocenters. The van der Waals surface area contributed by atoms with Crippen LogP contribution in [0.5, 0.6) is 0 Å². The smallest absolute Gasteiger partial charge is 0.408 e. The van der Waals surface area contributed by atoms with Gasteiger partial charge in [-0.05, 0) is 26.3 Å². The van der Waals surface area contributed by atoms with E-state index in [1.54, 1.807) is 32.9 Å². The SMILES string of the molecule is CON(C)C(=O)[C@H](CC(=O)OC(C)(C)C)NC(=O)OCc1ccccc1. The average Bonchev–Trinajstić information content (AvgIpc) is 2.57. The summed E-state index contributed by atoms with van der Waals surface area (Å²) in [4.78, 5) is 41.2. The summed E-state index contributed by atoms with van der Waals surface area (Å²) < 4.78 is 10.3. The van der Waals surface area contributed by atoms with Crippen LogP contribution in [0.25, 0.3) is 0 Å². The zero-order chi connectivity index (χ0) is 19.7. The number of esters is 1. The molecule has 0 saturated carbocycles. The molecular formula is C18H26N2O6. The lowest BCUT2D eigenvalue weighted by Gasteiger charge is -2.24. The molecule has 0 bridgehead atoms. The molecule has 1 aromatic carbocycles. The van der Waals surface area contributed by atoms with Gasteiger partial charge in [-0.3, -0.25) is 14.4 Å². The van der Waals surface area contributed by atoms with Crippen molar-refractivity contribution in [2.24, 2.45) is 0 Å². The van der Waals surface area contributed by atoms with Crippen LogP contribution < -0.4 is 5.32 Å². The monoisotopic (exact) mass is 366 g/mol. The van der Waals surface area contributed by atoms with Crippen LogP contribution in [0.2, 0.25) is 0 Å². The number of carbonyl (C=O) groups is 3. The number of hydroxylamine groups is 2. The maximum absolute atomic E-state index is 12.3. The van der Waals surface area contributed by atoms with Crippen molar-refractivity contribution in [3.05, 3.63) is 35.9 Å². The first-order valence-corrected chi connectivity index (χ1v) is 8.13. The van der Waals surface area contributed by atoms with Crippen molar-refractivity contribution in [3.63, 3.8) is 0 Å². The first-order chi connectivity index (χ1) is 12.1. The van der Waals surface area contributed by atoms with Crippen molar-refractivity contribution in [1.29, 1.82) is 0 Å². The Labute approximate surface area is 153 Å². The normalized spacial score (nSPS) is 12.0. The number of rotatable bonds is 7. The number of nitrogens with one attached hydrogen (secondary N) is 1. The van der Waals surface area contributed by atoms with Gasteiger partial charge < -0.3 is 14.8 Å². The summed E-state index contributed by atoms with van der Waals surface area (Å²) >= 11 is 0. The molecule has 0 aliphatic heterocycles. The number of likely N-dealkylation sites (N-methyl/N-ethyl adjacent to an activating group) is 1. The second-order valence-electron chi connectivity index (χ2n) is 6.57. The summed E-state index contributed by atoms with van der Waals surface area (Å²) in [7, 11) is 2.68. The summed E-state index contributed by atoms with van der Waals surface area (Å²) in [6.45, 7) is 5.18. The van der Waals surface area contributed by atoms with Gasteiger partial charge in [0.2, 0.25) is 0 Å². The molecule has 1 rings (SSSR count). The van der Waals surface area contributed by atoms with Crippen LogP contribution in [-0.4, -0.2) is 48.8 Å². The summed E-state index contributed by atoms with van der Waals surface area (Å²) in [6.07, 6.45) is -1.16. The van der Waals surface area contributed by atoms with Gasteiger partial charge in [-0.1, -0.05) is 30.3 Å². The number of benzene rings is 1. The van der Waals surface area contributed by atoms with Crippen molar-refractivity contribution in [2.45, 2.75) is 45.4 Å². The molecule has 0 saturated heterocycles. The van der Waals surface area contributed by atoms with E-state index in [0.717, 1.165) is 10.6 Å². The first-order valence-electron chi connectivity index (χ1n) is 8.13. The predicted octanol–water partition coefficient (Wildman–Crippen LogP) is 2.03. The Morgan fingerprint density at radius 3 is 2.31 bits per heavy atom. The third kappa shape index (κ3) is 7.98. The fraction of sp³-hybridized carbons (Fsp3) is 0.500. The number of hydrogen-bond donors (Lipinski definition) is 1. The maximum Gasteiger partial charge on any atom is 0.408 e. The highest BCUT2D eigenvalue weighted by atomic mass is 16.7. The minimum Gasteiger partial charge on any atom is -0.460 e. The third-order valence-electron chi connectivity index (χ3n) is 3.18. The Bertz CT molecular complexity index is 612. The molecular weight excluding hydrogens is 340 g/mol. The van der Waals surface area contributed by atoms with Gasteiger partial charge >= 0.3 is 12.1 Å². The van der Waals surface area contributed by atoms with Crippen LogP contribution in [0.4, 0.5) is 4.79 Å².